The minimum atomic E-state index is -4.05. The number of hydrogen-bond donors (Lipinski definition) is 0. The minimum Gasteiger partial charge on any atom is -0.298 e. The van der Waals surface area contributed by atoms with E-state index in [4.69, 9.17) is 0 Å². The molecule has 0 amide bonds. The predicted molar refractivity (Wildman–Crippen MR) is 111 cm³/mol. The van der Waals surface area contributed by atoms with Crippen LogP contribution < -0.4 is 0 Å². The maximum absolute atomic E-state index is 12.8. The molecule has 0 fully saturated rings. The molecule has 0 atom stereocenters. The summed E-state index contributed by atoms with van der Waals surface area (Å²) in [6.45, 7) is 1.57. The van der Waals surface area contributed by atoms with E-state index in [-0.39, 0.29) is 23.0 Å². The fraction of sp³-hybridized carbons (Fsp3) is 0.125. The highest BCUT2D eigenvalue weighted by molar-refractivity contribution is 9.10. The van der Waals surface area contributed by atoms with Crippen molar-refractivity contribution in [1.82, 2.24) is 13.8 Å². The standard InChI is InChI=1S/C16H14BrN5O4S.ClH/c1-11-3-5-13(22(23)24)7-15(11)27(25,26)20(2)19-9-14-8-18-16-6-4-12(17)10-21(14)16;/h3-10H,1-2H3;1H/b19-9-;. The fourth-order valence-corrected chi connectivity index (χ4v) is 3.93. The summed E-state index contributed by atoms with van der Waals surface area (Å²) < 4.78 is 28.9. The number of hydrazone groups is 1. The first-order chi connectivity index (χ1) is 12.7. The van der Waals surface area contributed by atoms with E-state index < -0.39 is 14.9 Å². The van der Waals surface area contributed by atoms with Gasteiger partial charge in [-0.2, -0.15) is 17.9 Å². The van der Waals surface area contributed by atoms with E-state index in [1.54, 1.807) is 29.8 Å². The Balaban J connectivity index is 0.00000280. The van der Waals surface area contributed by atoms with Gasteiger partial charge in [-0.3, -0.25) is 14.5 Å². The van der Waals surface area contributed by atoms with E-state index in [2.05, 4.69) is 26.0 Å². The lowest BCUT2D eigenvalue weighted by atomic mass is 10.2. The zero-order valence-corrected chi connectivity index (χ0v) is 17.9. The minimum absolute atomic E-state index is 0. The molecule has 9 nitrogen and oxygen atoms in total. The number of non-ortho nitro benzene ring substituents is 1. The van der Waals surface area contributed by atoms with Crippen LogP contribution in [0, 0.1) is 17.0 Å². The number of hydrogen-bond acceptors (Lipinski definition) is 6. The van der Waals surface area contributed by atoms with E-state index in [1.807, 2.05) is 6.07 Å². The summed E-state index contributed by atoms with van der Waals surface area (Å²) in [5.41, 5.74) is 1.34. The number of nitro groups is 1. The molecule has 0 aliphatic rings. The second-order valence-electron chi connectivity index (χ2n) is 5.65. The number of aryl methyl sites for hydroxylation is 1. The van der Waals surface area contributed by atoms with Crippen LogP contribution in [0.2, 0.25) is 0 Å². The van der Waals surface area contributed by atoms with Crippen LogP contribution in [0.4, 0.5) is 5.69 Å². The van der Waals surface area contributed by atoms with Gasteiger partial charge in [0.1, 0.15) is 5.65 Å². The first-order valence-electron chi connectivity index (χ1n) is 7.61. The highest BCUT2D eigenvalue weighted by Crippen LogP contribution is 2.24. The summed E-state index contributed by atoms with van der Waals surface area (Å²) >= 11 is 3.37. The number of nitrogens with zero attached hydrogens (tertiary/aromatic N) is 5. The summed E-state index contributed by atoms with van der Waals surface area (Å²) in [6.07, 6.45) is 4.70. The van der Waals surface area contributed by atoms with Crippen molar-refractivity contribution in [2.24, 2.45) is 5.10 Å². The first-order valence-corrected chi connectivity index (χ1v) is 9.84. The van der Waals surface area contributed by atoms with Gasteiger partial charge in [-0.15, -0.1) is 12.4 Å². The van der Waals surface area contributed by atoms with Gasteiger partial charge in [-0.1, -0.05) is 6.07 Å². The van der Waals surface area contributed by atoms with Crippen molar-refractivity contribution in [3.63, 3.8) is 0 Å². The van der Waals surface area contributed by atoms with Crippen LogP contribution in [0.5, 0.6) is 0 Å². The molecule has 0 spiro atoms. The summed E-state index contributed by atoms with van der Waals surface area (Å²) in [5.74, 6) is 0. The Bertz CT molecular complexity index is 1180. The van der Waals surface area contributed by atoms with Crippen LogP contribution in [-0.2, 0) is 10.0 Å². The van der Waals surface area contributed by atoms with Crippen LogP contribution in [0.3, 0.4) is 0 Å². The van der Waals surface area contributed by atoms with Gasteiger partial charge >= 0.3 is 0 Å². The van der Waals surface area contributed by atoms with Gasteiger partial charge < -0.3 is 0 Å². The zero-order valence-electron chi connectivity index (χ0n) is 14.7. The lowest BCUT2D eigenvalue weighted by Gasteiger charge is -2.15. The summed E-state index contributed by atoms with van der Waals surface area (Å²) in [5, 5.41) is 14.9. The maximum Gasteiger partial charge on any atom is 0.279 e. The lowest BCUT2D eigenvalue weighted by molar-refractivity contribution is -0.385. The quantitative estimate of drug-likeness (QED) is 0.310. The number of nitro benzene ring substituents is 1. The molecule has 28 heavy (non-hydrogen) atoms. The molecule has 0 aliphatic carbocycles. The van der Waals surface area contributed by atoms with E-state index in [0.717, 1.165) is 15.0 Å². The Morgan fingerprint density at radius 2 is 2.04 bits per heavy atom. The average molecular weight is 489 g/mol. The second-order valence-corrected chi connectivity index (χ2v) is 8.48. The number of sulfonamides is 1. The Hall–Kier alpha value is -2.50. The van der Waals surface area contributed by atoms with Crippen molar-refractivity contribution in [2.45, 2.75) is 11.8 Å². The lowest BCUT2D eigenvalue weighted by Crippen LogP contribution is -2.23. The number of imidazole rings is 1. The number of benzene rings is 1. The number of pyridine rings is 1. The van der Waals surface area contributed by atoms with Crippen molar-refractivity contribution in [2.75, 3.05) is 7.05 Å². The van der Waals surface area contributed by atoms with Crippen LogP contribution in [0.25, 0.3) is 5.65 Å². The molecule has 0 saturated heterocycles. The van der Waals surface area contributed by atoms with Crippen molar-refractivity contribution >= 4 is 55.9 Å². The van der Waals surface area contributed by atoms with Gasteiger partial charge in [0.05, 0.1) is 27.9 Å². The van der Waals surface area contributed by atoms with E-state index in [0.29, 0.717) is 16.9 Å². The molecule has 0 radical (unpaired) electrons. The topological polar surface area (TPSA) is 110 Å². The van der Waals surface area contributed by atoms with Crippen molar-refractivity contribution in [1.29, 1.82) is 0 Å². The highest BCUT2D eigenvalue weighted by atomic mass is 79.9. The molecule has 3 rings (SSSR count). The van der Waals surface area contributed by atoms with Crippen molar-refractivity contribution in [3.05, 3.63) is 68.6 Å². The predicted octanol–water partition coefficient (Wildman–Crippen LogP) is 3.39. The molecule has 148 valence electrons. The van der Waals surface area contributed by atoms with Gasteiger partial charge in [-0.05, 0) is 40.5 Å². The first kappa shape index (κ1) is 21.8. The third-order valence-electron chi connectivity index (χ3n) is 3.86. The van der Waals surface area contributed by atoms with Crippen LogP contribution in [-0.4, -0.2) is 40.4 Å². The molecule has 0 N–H and O–H groups in total. The van der Waals surface area contributed by atoms with E-state index in [9.17, 15) is 18.5 Å². The Kier molecular flexibility index (Phi) is 6.42. The largest absolute Gasteiger partial charge is 0.298 e. The average Bonchev–Trinajstić information content (AvgIpc) is 3.01. The molecule has 3 aromatic rings. The molecular weight excluding hydrogens is 474 g/mol. The number of halogens is 2. The Morgan fingerprint density at radius 3 is 2.71 bits per heavy atom. The monoisotopic (exact) mass is 487 g/mol. The SMILES string of the molecule is Cc1ccc([N+](=O)[O-])cc1S(=O)(=O)N(C)/N=C\c1cnc2ccc(Br)cn12.Cl. The highest BCUT2D eigenvalue weighted by Gasteiger charge is 2.24. The molecule has 0 saturated carbocycles. The molecule has 2 aromatic heterocycles. The number of aromatic nitrogens is 2. The van der Waals surface area contributed by atoms with Crippen molar-refractivity contribution in [3.8, 4) is 0 Å². The van der Waals surface area contributed by atoms with Crippen LogP contribution in [0.15, 0.2) is 57.2 Å². The van der Waals surface area contributed by atoms with Crippen LogP contribution in [0.1, 0.15) is 11.3 Å². The number of fused-ring (bicyclic) bond motifs is 1. The third-order valence-corrected chi connectivity index (χ3v) is 6.11. The van der Waals surface area contributed by atoms with E-state index in [1.165, 1.54) is 25.4 Å². The summed E-state index contributed by atoms with van der Waals surface area (Å²) in [6, 6.07) is 7.32. The Morgan fingerprint density at radius 1 is 1.32 bits per heavy atom. The molecule has 1 aromatic carbocycles. The molecule has 0 bridgehead atoms. The van der Waals surface area contributed by atoms with Crippen LogP contribution >= 0.6 is 28.3 Å². The smallest absolute Gasteiger partial charge is 0.279 e. The van der Waals surface area contributed by atoms with Gasteiger partial charge in [0, 0.05) is 29.8 Å². The number of rotatable bonds is 5. The molecular formula is C16H15BrClN5O4S. The fourth-order valence-electron chi connectivity index (χ4n) is 2.39. The van der Waals surface area contributed by atoms with Gasteiger partial charge in [0.25, 0.3) is 15.7 Å². The van der Waals surface area contributed by atoms with Gasteiger partial charge in [0.2, 0.25) is 0 Å². The van der Waals surface area contributed by atoms with Gasteiger partial charge in [-0.25, -0.2) is 4.98 Å². The second kappa shape index (κ2) is 8.25. The zero-order chi connectivity index (χ0) is 19.8. The third kappa shape index (κ3) is 4.16. The summed E-state index contributed by atoms with van der Waals surface area (Å²) in [4.78, 5) is 14.3. The molecule has 0 aliphatic heterocycles. The Labute approximate surface area is 175 Å². The molecule has 2 heterocycles. The van der Waals surface area contributed by atoms with Gasteiger partial charge in [0.15, 0.2) is 0 Å². The molecule has 0 unspecified atom stereocenters. The summed E-state index contributed by atoms with van der Waals surface area (Å²) in [7, 11) is -2.78. The van der Waals surface area contributed by atoms with E-state index >= 15 is 0 Å². The van der Waals surface area contributed by atoms with Crippen molar-refractivity contribution < 1.29 is 13.3 Å². The molecule has 12 heteroatoms. The maximum atomic E-state index is 12.8. The normalized spacial score (nSPS) is 11.5.